The minimum atomic E-state index is 0.521. The van der Waals surface area contributed by atoms with E-state index in [1.54, 1.807) is 0 Å². The monoisotopic (exact) mass is 153 g/mol. The van der Waals surface area contributed by atoms with Crippen molar-refractivity contribution in [1.82, 2.24) is 5.32 Å². The van der Waals surface area contributed by atoms with Crippen LogP contribution in [0.15, 0.2) is 0 Å². The van der Waals surface area contributed by atoms with E-state index in [2.05, 4.69) is 26.1 Å². The lowest BCUT2D eigenvalue weighted by Crippen LogP contribution is -2.39. The van der Waals surface area contributed by atoms with E-state index < -0.39 is 0 Å². The summed E-state index contributed by atoms with van der Waals surface area (Å²) in [6.45, 7) is 8.41. The van der Waals surface area contributed by atoms with Crippen LogP contribution < -0.4 is 5.32 Å². The van der Waals surface area contributed by atoms with Crippen LogP contribution in [-0.4, -0.2) is 12.6 Å². The molecule has 0 aromatic carbocycles. The molecule has 1 heteroatoms. The van der Waals surface area contributed by atoms with Crippen LogP contribution in [0.3, 0.4) is 0 Å². The Bertz CT molecular complexity index is 157. The number of nitrogens with one attached hydrogen (secondary N) is 1. The Morgan fingerprint density at radius 1 is 1.18 bits per heavy atom. The Morgan fingerprint density at radius 2 is 1.91 bits per heavy atom. The van der Waals surface area contributed by atoms with Crippen LogP contribution in [0, 0.1) is 17.3 Å². The summed E-state index contributed by atoms with van der Waals surface area (Å²) in [4.78, 5) is 0. The molecule has 0 spiro atoms. The van der Waals surface area contributed by atoms with Gasteiger partial charge < -0.3 is 5.32 Å². The maximum Gasteiger partial charge on any atom is 0.0104 e. The summed E-state index contributed by atoms with van der Waals surface area (Å²) in [7, 11) is 0. The first-order chi connectivity index (χ1) is 5.07. The molecule has 0 aromatic heterocycles. The zero-order chi connectivity index (χ0) is 8.06. The van der Waals surface area contributed by atoms with Gasteiger partial charge in [0.15, 0.2) is 0 Å². The molecule has 1 saturated carbocycles. The summed E-state index contributed by atoms with van der Waals surface area (Å²) in [5.74, 6) is 1.94. The van der Waals surface area contributed by atoms with Crippen molar-refractivity contribution in [3.05, 3.63) is 0 Å². The van der Waals surface area contributed by atoms with Crippen LogP contribution in [0.1, 0.15) is 33.6 Å². The van der Waals surface area contributed by atoms with Crippen LogP contribution in [0.5, 0.6) is 0 Å². The van der Waals surface area contributed by atoms with Gasteiger partial charge in [-0.25, -0.2) is 0 Å². The summed E-state index contributed by atoms with van der Waals surface area (Å²) in [6.07, 6.45) is 2.92. The van der Waals surface area contributed by atoms with Crippen LogP contribution in [0.25, 0.3) is 0 Å². The van der Waals surface area contributed by atoms with Crippen molar-refractivity contribution in [3.8, 4) is 0 Å². The van der Waals surface area contributed by atoms with Gasteiger partial charge in [0, 0.05) is 6.04 Å². The summed E-state index contributed by atoms with van der Waals surface area (Å²) >= 11 is 0. The zero-order valence-corrected chi connectivity index (χ0v) is 7.85. The van der Waals surface area contributed by atoms with Gasteiger partial charge in [0.2, 0.25) is 0 Å². The first kappa shape index (κ1) is 7.60. The standard InChI is InChI=1S/C10H19N/c1-10(2,3)8-4-7-5-9(8)11-6-7/h7-9,11H,4-6H2,1-3H3. The van der Waals surface area contributed by atoms with E-state index in [9.17, 15) is 0 Å². The fourth-order valence-corrected chi connectivity index (χ4v) is 2.81. The van der Waals surface area contributed by atoms with Gasteiger partial charge in [0.25, 0.3) is 0 Å². The molecule has 2 bridgehead atoms. The van der Waals surface area contributed by atoms with Crippen molar-refractivity contribution in [2.45, 2.75) is 39.7 Å². The van der Waals surface area contributed by atoms with Crippen molar-refractivity contribution in [1.29, 1.82) is 0 Å². The minimum Gasteiger partial charge on any atom is -0.313 e. The van der Waals surface area contributed by atoms with Crippen LogP contribution in [0.4, 0.5) is 0 Å². The lowest BCUT2D eigenvalue weighted by molar-refractivity contribution is 0.184. The van der Waals surface area contributed by atoms with Crippen LogP contribution >= 0.6 is 0 Å². The first-order valence-corrected chi connectivity index (χ1v) is 4.81. The van der Waals surface area contributed by atoms with Crippen molar-refractivity contribution in [2.75, 3.05) is 6.54 Å². The van der Waals surface area contributed by atoms with Gasteiger partial charge in [-0.15, -0.1) is 0 Å². The Balaban J connectivity index is 2.08. The lowest BCUT2D eigenvalue weighted by atomic mass is 9.76. The fourth-order valence-electron chi connectivity index (χ4n) is 2.81. The number of rotatable bonds is 0. The molecule has 64 valence electrons. The molecule has 1 heterocycles. The third kappa shape index (κ3) is 1.20. The summed E-state index contributed by atoms with van der Waals surface area (Å²) in [6, 6.07) is 0.847. The van der Waals surface area contributed by atoms with E-state index in [0.29, 0.717) is 5.41 Å². The molecule has 11 heavy (non-hydrogen) atoms. The molecule has 1 N–H and O–H groups in total. The molecular weight excluding hydrogens is 134 g/mol. The largest absolute Gasteiger partial charge is 0.313 e. The molecule has 3 unspecified atom stereocenters. The second-order valence-electron chi connectivity index (χ2n) is 5.32. The molecule has 1 aliphatic carbocycles. The summed E-state index contributed by atoms with van der Waals surface area (Å²) in [5, 5.41) is 3.61. The molecule has 1 nitrogen and oxygen atoms in total. The van der Waals surface area contributed by atoms with Gasteiger partial charge in [-0.3, -0.25) is 0 Å². The maximum atomic E-state index is 3.61. The quantitative estimate of drug-likeness (QED) is 0.561. The third-order valence-corrected chi connectivity index (χ3v) is 3.44. The third-order valence-electron chi connectivity index (χ3n) is 3.44. The average Bonchev–Trinajstić information content (AvgIpc) is 2.42. The molecule has 2 rings (SSSR count). The molecule has 0 amide bonds. The van der Waals surface area contributed by atoms with Crippen molar-refractivity contribution >= 4 is 0 Å². The number of fused-ring (bicyclic) bond motifs is 2. The molecule has 2 fully saturated rings. The highest BCUT2D eigenvalue weighted by molar-refractivity contribution is 4.99. The molecule has 1 saturated heterocycles. The number of hydrogen-bond acceptors (Lipinski definition) is 1. The predicted molar refractivity (Wildman–Crippen MR) is 47.5 cm³/mol. The molecule has 1 aliphatic heterocycles. The SMILES string of the molecule is CC(C)(C)C1CC2CNC1C2. The highest BCUT2D eigenvalue weighted by atomic mass is 15.0. The number of piperidine rings is 1. The van der Waals surface area contributed by atoms with Crippen LogP contribution in [-0.2, 0) is 0 Å². The topological polar surface area (TPSA) is 12.0 Å². The van der Waals surface area contributed by atoms with E-state index in [1.807, 2.05) is 0 Å². The van der Waals surface area contributed by atoms with Gasteiger partial charge >= 0.3 is 0 Å². The van der Waals surface area contributed by atoms with Gasteiger partial charge in [0.1, 0.15) is 0 Å². The Kier molecular flexibility index (Phi) is 1.54. The molecular formula is C10H19N. The van der Waals surface area contributed by atoms with E-state index in [1.165, 1.54) is 19.4 Å². The van der Waals surface area contributed by atoms with Gasteiger partial charge in [-0.2, -0.15) is 0 Å². The average molecular weight is 153 g/mol. The molecule has 3 atom stereocenters. The summed E-state index contributed by atoms with van der Waals surface area (Å²) < 4.78 is 0. The van der Waals surface area contributed by atoms with E-state index >= 15 is 0 Å². The highest BCUT2D eigenvalue weighted by Crippen LogP contribution is 2.45. The van der Waals surface area contributed by atoms with Crippen molar-refractivity contribution in [2.24, 2.45) is 17.3 Å². The van der Waals surface area contributed by atoms with Crippen molar-refractivity contribution in [3.63, 3.8) is 0 Å². The van der Waals surface area contributed by atoms with Gasteiger partial charge in [-0.05, 0) is 36.6 Å². The van der Waals surface area contributed by atoms with Gasteiger partial charge in [-0.1, -0.05) is 20.8 Å². The normalized spacial score (nSPS) is 43.4. The maximum absolute atomic E-state index is 3.61. The Hall–Kier alpha value is -0.0400. The molecule has 0 aromatic rings. The van der Waals surface area contributed by atoms with E-state index in [0.717, 1.165) is 17.9 Å². The fraction of sp³-hybridized carbons (Fsp3) is 1.00. The van der Waals surface area contributed by atoms with E-state index in [4.69, 9.17) is 0 Å². The highest BCUT2D eigenvalue weighted by Gasteiger charge is 2.44. The minimum absolute atomic E-state index is 0.521. The number of hydrogen-bond donors (Lipinski definition) is 1. The Labute approximate surface area is 69.6 Å². The smallest absolute Gasteiger partial charge is 0.0104 e. The van der Waals surface area contributed by atoms with Crippen molar-refractivity contribution < 1.29 is 0 Å². The molecule has 0 radical (unpaired) electrons. The first-order valence-electron chi connectivity index (χ1n) is 4.81. The zero-order valence-electron chi connectivity index (χ0n) is 7.85. The van der Waals surface area contributed by atoms with Crippen LogP contribution in [0.2, 0.25) is 0 Å². The molecule has 2 aliphatic rings. The Morgan fingerprint density at radius 3 is 2.18 bits per heavy atom. The summed E-state index contributed by atoms with van der Waals surface area (Å²) in [5.41, 5.74) is 0.521. The predicted octanol–water partition coefficient (Wildman–Crippen LogP) is 2.03. The van der Waals surface area contributed by atoms with Gasteiger partial charge in [0.05, 0.1) is 0 Å². The second-order valence-corrected chi connectivity index (χ2v) is 5.32. The lowest BCUT2D eigenvalue weighted by Gasteiger charge is -2.34. The second kappa shape index (κ2) is 2.22. The van der Waals surface area contributed by atoms with E-state index in [-0.39, 0.29) is 0 Å².